The molecule has 0 aromatic heterocycles. The molecular formula is C13H21NO2. The van der Waals surface area contributed by atoms with Crippen molar-refractivity contribution in [1.82, 2.24) is 4.90 Å². The number of rotatable bonds is 5. The second-order valence-corrected chi connectivity index (χ2v) is 4.58. The van der Waals surface area contributed by atoms with Gasteiger partial charge in [-0.3, -0.25) is 0 Å². The van der Waals surface area contributed by atoms with Gasteiger partial charge in [0.25, 0.3) is 0 Å². The zero-order chi connectivity index (χ0) is 12.1. The molecule has 0 amide bonds. The third-order valence-corrected chi connectivity index (χ3v) is 3.15. The summed E-state index contributed by atoms with van der Waals surface area (Å²) in [5.41, 5.74) is 0.935. The predicted octanol–water partition coefficient (Wildman–Crippen LogP) is 2.65. The van der Waals surface area contributed by atoms with Gasteiger partial charge in [-0.15, -0.1) is 6.58 Å². The van der Waals surface area contributed by atoms with E-state index in [9.17, 15) is 4.79 Å². The van der Waals surface area contributed by atoms with E-state index >= 15 is 0 Å². The second kappa shape index (κ2) is 5.73. The molecule has 0 aromatic rings. The summed E-state index contributed by atoms with van der Waals surface area (Å²) in [6, 6.07) is 0.461. The minimum Gasteiger partial charge on any atom is -0.478 e. The van der Waals surface area contributed by atoms with Gasteiger partial charge in [0.05, 0.1) is 0 Å². The van der Waals surface area contributed by atoms with Gasteiger partial charge in [-0.1, -0.05) is 13.0 Å². The van der Waals surface area contributed by atoms with Gasteiger partial charge in [-0.2, -0.15) is 0 Å². The average Bonchev–Trinajstić information content (AvgIpc) is 2.62. The highest BCUT2D eigenvalue weighted by molar-refractivity contribution is 5.80. The Labute approximate surface area is 97.4 Å². The maximum absolute atomic E-state index is 10.8. The Balaban J connectivity index is 2.78. The molecule has 0 unspecified atom stereocenters. The molecule has 16 heavy (non-hydrogen) atoms. The molecule has 0 saturated carbocycles. The van der Waals surface area contributed by atoms with Gasteiger partial charge in [-0.25, -0.2) is 4.79 Å². The lowest BCUT2D eigenvalue weighted by molar-refractivity contribution is -0.131. The van der Waals surface area contributed by atoms with E-state index in [1.165, 1.54) is 6.08 Å². The molecular weight excluding hydrogens is 202 g/mol. The number of carboxylic acids is 1. The molecule has 90 valence electrons. The minimum atomic E-state index is -0.856. The molecule has 0 aromatic carbocycles. The van der Waals surface area contributed by atoms with Gasteiger partial charge in [0.1, 0.15) is 0 Å². The van der Waals surface area contributed by atoms with E-state index in [0.29, 0.717) is 12.0 Å². The third-order valence-electron chi connectivity index (χ3n) is 3.15. The van der Waals surface area contributed by atoms with Crippen LogP contribution in [0.3, 0.4) is 0 Å². The molecule has 1 aliphatic rings. The van der Waals surface area contributed by atoms with Crippen LogP contribution in [0.5, 0.6) is 0 Å². The van der Waals surface area contributed by atoms with Crippen LogP contribution in [0.25, 0.3) is 0 Å². The number of carboxylic acid groups (broad SMARTS) is 1. The number of nitrogens with zero attached hydrogens (tertiary/aromatic N) is 1. The van der Waals surface area contributed by atoms with Crippen LogP contribution in [0.15, 0.2) is 24.4 Å². The summed E-state index contributed by atoms with van der Waals surface area (Å²) in [4.78, 5) is 13.0. The van der Waals surface area contributed by atoms with Crippen molar-refractivity contribution in [2.45, 2.75) is 39.2 Å². The van der Waals surface area contributed by atoms with Crippen LogP contribution in [0.4, 0.5) is 0 Å². The van der Waals surface area contributed by atoms with Crippen molar-refractivity contribution >= 4 is 5.97 Å². The highest BCUT2D eigenvalue weighted by Crippen LogP contribution is 2.26. The van der Waals surface area contributed by atoms with Crippen LogP contribution in [0, 0.1) is 5.92 Å². The molecule has 1 N–H and O–H groups in total. The first-order valence-electron chi connectivity index (χ1n) is 5.87. The molecule has 0 spiro atoms. The lowest BCUT2D eigenvalue weighted by atomic mass is 10.0. The van der Waals surface area contributed by atoms with Gasteiger partial charge < -0.3 is 10.0 Å². The maximum Gasteiger partial charge on any atom is 0.330 e. The van der Waals surface area contributed by atoms with Crippen molar-refractivity contribution in [3.8, 4) is 0 Å². The van der Waals surface area contributed by atoms with Crippen molar-refractivity contribution in [1.29, 1.82) is 0 Å². The fraction of sp³-hybridized carbons (Fsp3) is 0.615. The highest BCUT2D eigenvalue weighted by Gasteiger charge is 2.23. The van der Waals surface area contributed by atoms with Crippen LogP contribution in [0.1, 0.15) is 33.1 Å². The largest absolute Gasteiger partial charge is 0.478 e. The first-order valence-corrected chi connectivity index (χ1v) is 5.87. The topological polar surface area (TPSA) is 40.5 Å². The summed E-state index contributed by atoms with van der Waals surface area (Å²) in [7, 11) is 0. The van der Waals surface area contributed by atoms with Gasteiger partial charge in [-0.05, 0) is 32.1 Å². The first-order chi connectivity index (χ1) is 7.54. The molecule has 1 saturated heterocycles. The first kappa shape index (κ1) is 12.8. The number of likely N-dealkylation sites (tertiary alicyclic amines) is 1. The van der Waals surface area contributed by atoms with Crippen molar-refractivity contribution in [3.63, 3.8) is 0 Å². The van der Waals surface area contributed by atoms with Crippen molar-refractivity contribution in [2.24, 2.45) is 5.92 Å². The molecule has 3 heteroatoms. The van der Waals surface area contributed by atoms with E-state index in [1.807, 2.05) is 6.08 Å². The molecule has 1 heterocycles. The fourth-order valence-corrected chi connectivity index (χ4v) is 2.17. The van der Waals surface area contributed by atoms with Gasteiger partial charge in [0, 0.05) is 24.4 Å². The molecule has 0 aliphatic carbocycles. The number of aliphatic carboxylic acids is 1. The highest BCUT2D eigenvalue weighted by atomic mass is 16.4. The minimum absolute atomic E-state index is 0.318. The zero-order valence-corrected chi connectivity index (χ0v) is 10.1. The van der Waals surface area contributed by atoms with Crippen LogP contribution in [-0.2, 0) is 4.79 Å². The molecule has 1 aliphatic heterocycles. The third kappa shape index (κ3) is 3.40. The fourth-order valence-electron chi connectivity index (χ4n) is 2.17. The Morgan fingerprint density at radius 1 is 1.69 bits per heavy atom. The lowest BCUT2D eigenvalue weighted by Gasteiger charge is -2.27. The monoisotopic (exact) mass is 223 g/mol. The summed E-state index contributed by atoms with van der Waals surface area (Å²) >= 11 is 0. The lowest BCUT2D eigenvalue weighted by Crippen LogP contribution is -2.27. The molecule has 1 rings (SSSR count). The Morgan fingerprint density at radius 2 is 2.38 bits per heavy atom. The van der Waals surface area contributed by atoms with Crippen molar-refractivity contribution in [2.75, 3.05) is 6.54 Å². The Kier molecular flexibility index (Phi) is 4.59. The number of hydrogen-bond donors (Lipinski definition) is 1. The Morgan fingerprint density at radius 3 is 2.81 bits per heavy atom. The molecule has 0 bridgehead atoms. The average molecular weight is 223 g/mol. The van der Waals surface area contributed by atoms with E-state index in [2.05, 4.69) is 25.3 Å². The summed E-state index contributed by atoms with van der Waals surface area (Å²) in [5.74, 6) is -0.538. The van der Waals surface area contributed by atoms with Crippen LogP contribution < -0.4 is 0 Å². The summed E-state index contributed by atoms with van der Waals surface area (Å²) < 4.78 is 0. The van der Waals surface area contributed by atoms with Crippen LogP contribution in [0.2, 0.25) is 0 Å². The predicted molar refractivity (Wildman–Crippen MR) is 65.1 cm³/mol. The van der Waals surface area contributed by atoms with Crippen LogP contribution in [-0.4, -0.2) is 28.6 Å². The smallest absolute Gasteiger partial charge is 0.330 e. The molecule has 0 radical (unpaired) electrons. The zero-order valence-electron chi connectivity index (χ0n) is 10.1. The van der Waals surface area contributed by atoms with E-state index in [0.717, 1.165) is 31.5 Å². The standard InChI is InChI=1S/C13H21NO2/c1-4-10(2)8-12(9-13(15)16)14-7-5-6-11(14)3/h4,9-11H,1,5-8H2,2-3H3,(H,15,16)/b12-9-/t10-,11+/m1/s1. The molecule has 2 atom stereocenters. The quantitative estimate of drug-likeness (QED) is 0.575. The normalized spacial score (nSPS) is 23.2. The van der Waals surface area contributed by atoms with E-state index in [4.69, 9.17) is 5.11 Å². The second-order valence-electron chi connectivity index (χ2n) is 4.58. The molecule has 1 fully saturated rings. The Bertz CT molecular complexity index is 296. The number of allylic oxidation sites excluding steroid dienone is 2. The summed E-state index contributed by atoms with van der Waals surface area (Å²) in [6.07, 6.45) is 6.29. The maximum atomic E-state index is 10.8. The van der Waals surface area contributed by atoms with E-state index in [-0.39, 0.29) is 0 Å². The van der Waals surface area contributed by atoms with Crippen molar-refractivity contribution < 1.29 is 9.90 Å². The Hall–Kier alpha value is -1.25. The van der Waals surface area contributed by atoms with E-state index < -0.39 is 5.97 Å². The van der Waals surface area contributed by atoms with Crippen molar-refractivity contribution in [3.05, 3.63) is 24.4 Å². The number of carbonyl (C=O) groups is 1. The van der Waals surface area contributed by atoms with Gasteiger partial charge >= 0.3 is 5.97 Å². The van der Waals surface area contributed by atoms with E-state index in [1.54, 1.807) is 0 Å². The SMILES string of the molecule is C=C[C@@H](C)C/C(=C/C(=O)O)N1CCC[C@@H]1C. The van der Waals surface area contributed by atoms with Gasteiger partial charge in [0.15, 0.2) is 0 Å². The summed E-state index contributed by atoms with van der Waals surface area (Å²) in [6.45, 7) is 8.93. The van der Waals surface area contributed by atoms with Gasteiger partial charge in [0.2, 0.25) is 0 Å². The summed E-state index contributed by atoms with van der Waals surface area (Å²) in [5, 5.41) is 8.89. The van der Waals surface area contributed by atoms with Crippen LogP contribution >= 0.6 is 0 Å². The number of hydrogen-bond acceptors (Lipinski definition) is 2. The molecule has 3 nitrogen and oxygen atoms in total.